The number of anilines is 1. The number of fused-ring (bicyclic) bond motifs is 1. The average molecular weight is 363 g/mol. The van der Waals surface area contributed by atoms with Crippen LogP contribution in [-0.4, -0.2) is 28.4 Å². The standard InChI is InChI=1S/C21H25N5O/c22-20(27)16-7-12-26(13-8-16)21-18(4-1-9-24-21)15-23-14-17-5-2-10-25-11-3-6-19(17)25/h1-6,9-11,16,23H,7-8,12-15H2,(H2,22,27). The number of hydrogen-bond donors (Lipinski definition) is 2. The number of piperidine rings is 1. The van der Waals surface area contributed by atoms with Crippen molar-refractivity contribution in [3.8, 4) is 0 Å². The summed E-state index contributed by atoms with van der Waals surface area (Å²) in [6.07, 6.45) is 7.56. The molecule has 3 aromatic rings. The van der Waals surface area contributed by atoms with Crippen LogP contribution in [0.5, 0.6) is 0 Å². The molecule has 0 saturated carbocycles. The number of nitrogens with two attached hydrogens (primary N) is 1. The highest BCUT2D eigenvalue weighted by molar-refractivity contribution is 5.77. The lowest BCUT2D eigenvalue weighted by molar-refractivity contribution is -0.122. The predicted molar refractivity (Wildman–Crippen MR) is 106 cm³/mol. The number of nitrogens with zero attached hydrogens (tertiary/aromatic N) is 3. The van der Waals surface area contributed by atoms with E-state index in [2.05, 4.69) is 62.3 Å². The number of primary amides is 1. The second kappa shape index (κ2) is 7.80. The Kier molecular flexibility index (Phi) is 5.07. The molecule has 4 heterocycles. The molecule has 0 aliphatic carbocycles. The quantitative estimate of drug-likeness (QED) is 0.705. The topological polar surface area (TPSA) is 75.7 Å². The summed E-state index contributed by atoms with van der Waals surface area (Å²) in [6.45, 7) is 3.19. The monoisotopic (exact) mass is 363 g/mol. The fraction of sp³-hybridized carbons (Fsp3) is 0.333. The fourth-order valence-electron chi connectivity index (χ4n) is 3.84. The Morgan fingerprint density at radius 2 is 1.78 bits per heavy atom. The van der Waals surface area contributed by atoms with Gasteiger partial charge in [0.2, 0.25) is 5.91 Å². The molecule has 0 spiro atoms. The molecule has 6 heteroatoms. The summed E-state index contributed by atoms with van der Waals surface area (Å²) < 4.78 is 2.13. The first-order chi connectivity index (χ1) is 13.2. The molecule has 140 valence electrons. The van der Waals surface area contributed by atoms with E-state index in [0.29, 0.717) is 0 Å². The van der Waals surface area contributed by atoms with Crippen LogP contribution in [0.25, 0.3) is 5.52 Å². The van der Waals surface area contributed by atoms with E-state index in [1.807, 2.05) is 12.3 Å². The molecule has 6 nitrogen and oxygen atoms in total. The van der Waals surface area contributed by atoms with Crippen molar-refractivity contribution in [2.24, 2.45) is 11.7 Å². The zero-order valence-electron chi connectivity index (χ0n) is 15.3. The minimum atomic E-state index is -0.183. The number of hydrogen-bond acceptors (Lipinski definition) is 4. The molecule has 0 radical (unpaired) electrons. The summed E-state index contributed by atoms with van der Waals surface area (Å²) in [7, 11) is 0. The van der Waals surface area contributed by atoms with Gasteiger partial charge in [-0.3, -0.25) is 4.79 Å². The van der Waals surface area contributed by atoms with E-state index in [1.54, 1.807) is 0 Å². The van der Waals surface area contributed by atoms with Gasteiger partial charge in [0.05, 0.1) is 0 Å². The lowest BCUT2D eigenvalue weighted by Gasteiger charge is -2.32. The van der Waals surface area contributed by atoms with Gasteiger partial charge in [-0.05, 0) is 42.7 Å². The number of amides is 1. The second-order valence-corrected chi connectivity index (χ2v) is 7.09. The van der Waals surface area contributed by atoms with Crippen LogP contribution < -0.4 is 16.0 Å². The third kappa shape index (κ3) is 3.80. The van der Waals surface area contributed by atoms with Crippen LogP contribution in [0.4, 0.5) is 5.82 Å². The SMILES string of the molecule is NC(=O)C1CCN(c2ncccc2CNCc2cccn3cccc23)CC1. The van der Waals surface area contributed by atoms with Crippen molar-refractivity contribution in [1.29, 1.82) is 0 Å². The summed E-state index contributed by atoms with van der Waals surface area (Å²) in [5.74, 6) is 0.819. The number of pyridine rings is 2. The Bertz CT molecular complexity index is 927. The van der Waals surface area contributed by atoms with Gasteiger partial charge in [0.1, 0.15) is 5.82 Å². The van der Waals surface area contributed by atoms with Crippen LogP contribution in [0.15, 0.2) is 55.0 Å². The molecule has 1 amide bonds. The molecule has 0 aromatic carbocycles. The van der Waals surface area contributed by atoms with Gasteiger partial charge in [-0.1, -0.05) is 12.1 Å². The maximum absolute atomic E-state index is 11.4. The van der Waals surface area contributed by atoms with Gasteiger partial charge in [-0.25, -0.2) is 4.98 Å². The Morgan fingerprint density at radius 3 is 2.56 bits per heavy atom. The number of nitrogens with one attached hydrogen (secondary N) is 1. The lowest BCUT2D eigenvalue weighted by Crippen LogP contribution is -2.39. The van der Waals surface area contributed by atoms with Crippen molar-refractivity contribution in [2.45, 2.75) is 25.9 Å². The molecule has 0 atom stereocenters. The molecular formula is C21H25N5O. The molecule has 1 aliphatic heterocycles. The van der Waals surface area contributed by atoms with Crippen molar-refractivity contribution < 1.29 is 4.79 Å². The summed E-state index contributed by atoms with van der Waals surface area (Å²) in [5.41, 5.74) is 9.13. The summed E-state index contributed by atoms with van der Waals surface area (Å²) in [4.78, 5) is 18.3. The van der Waals surface area contributed by atoms with E-state index in [4.69, 9.17) is 5.73 Å². The fourth-order valence-corrected chi connectivity index (χ4v) is 3.84. The van der Waals surface area contributed by atoms with Crippen LogP contribution in [0.2, 0.25) is 0 Å². The van der Waals surface area contributed by atoms with Crippen LogP contribution in [0.3, 0.4) is 0 Å². The third-order valence-corrected chi connectivity index (χ3v) is 5.35. The molecule has 3 aromatic heterocycles. The average Bonchev–Trinajstić information content (AvgIpc) is 3.18. The molecule has 27 heavy (non-hydrogen) atoms. The Labute approximate surface area is 159 Å². The smallest absolute Gasteiger partial charge is 0.220 e. The zero-order valence-corrected chi connectivity index (χ0v) is 15.3. The minimum absolute atomic E-state index is 0.00549. The second-order valence-electron chi connectivity index (χ2n) is 7.09. The van der Waals surface area contributed by atoms with E-state index in [0.717, 1.165) is 44.8 Å². The van der Waals surface area contributed by atoms with Crippen LogP contribution in [-0.2, 0) is 17.9 Å². The van der Waals surface area contributed by atoms with Gasteiger partial charge >= 0.3 is 0 Å². The van der Waals surface area contributed by atoms with Gasteiger partial charge in [-0.15, -0.1) is 0 Å². The highest BCUT2D eigenvalue weighted by Crippen LogP contribution is 2.24. The molecule has 3 N–H and O–H groups in total. The first-order valence-electron chi connectivity index (χ1n) is 9.46. The highest BCUT2D eigenvalue weighted by atomic mass is 16.1. The molecular weight excluding hydrogens is 338 g/mol. The van der Waals surface area contributed by atoms with Gasteiger partial charge < -0.3 is 20.4 Å². The zero-order chi connectivity index (χ0) is 18.6. The molecule has 1 fully saturated rings. The minimum Gasteiger partial charge on any atom is -0.369 e. The maximum Gasteiger partial charge on any atom is 0.220 e. The summed E-state index contributed by atoms with van der Waals surface area (Å²) >= 11 is 0. The molecule has 1 aliphatic rings. The largest absolute Gasteiger partial charge is 0.369 e. The van der Waals surface area contributed by atoms with E-state index in [1.165, 1.54) is 16.6 Å². The van der Waals surface area contributed by atoms with Gasteiger partial charge in [0.15, 0.2) is 0 Å². The third-order valence-electron chi connectivity index (χ3n) is 5.35. The number of aromatic nitrogens is 2. The van der Waals surface area contributed by atoms with Crippen LogP contribution in [0, 0.1) is 5.92 Å². The van der Waals surface area contributed by atoms with Gasteiger partial charge in [-0.2, -0.15) is 0 Å². The normalized spacial score (nSPS) is 15.3. The van der Waals surface area contributed by atoms with Crippen LogP contribution >= 0.6 is 0 Å². The van der Waals surface area contributed by atoms with E-state index in [-0.39, 0.29) is 11.8 Å². The maximum atomic E-state index is 11.4. The number of rotatable bonds is 6. The lowest BCUT2D eigenvalue weighted by atomic mass is 9.96. The highest BCUT2D eigenvalue weighted by Gasteiger charge is 2.24. The molecule has 0 unspecified atom stereocenters. The molecule has 0 bridgehead atoms. The van der Waals surface area contributed by atoms with Crippen molar-refractivity contribution in [3.05, 3.63) is 66.1 Å². The number of carbonyl (C=O) groups excluding carboxylic acids is 1. The Balaban J connectivity index is 1.41. The van der Waals surface area contributed by atoms with Crippen molar-refractivity contribution >= 4 is 17.2 Å². The van der Waals surface area contributed by atoms with Gasteiger partial charge in [0.25, 0.3) is 0 Å². The van der Waals surface area contributed by atoms with Gasteiger partial charge in [0, 0.05) is 61.8 Å². The van der Waals surface area contributed by atoms with Crippen molar-refractivity contribution in [1.82, 2.24) is 14.7 Å². The number of carbonyl (C=O) groups is 1. The van der Waals surface area contributed by atoms with Crippen molar-refractivity contribution in [2.75, 3.05) is 18.0 Å². The summed E-state index contributed by atoms with van der Waals surface area (Å²) in [5, 5.41) is 3.55. The first-order valence-corrected chi connectivity index (χ1v) is 9.46. The molecule has 1 saturated heterocycles. The predicted octanol–water partition coefficient (Wildman–Crippen LogP) is 2.33. The van der Waals surface area contributed by atoms with E-state index in [9.17, 15) is 4.79 Å². The molecule has 4 rings (SSSR count). The summed E-state index contributed by atoms with van der Waals surface area (Å²) in [6, 6.07) is 12.5. The van der Waals surface area contributed by atoms with Crippen molar-refractivity contribution in [3.63, 3.8) is 0 Å². The Morgan fingerprint density at radius 1 is 1.07 bits per heavy atom. The van der Waals surface area contributed by atoms with E-state index < -0.39 is 0 Å². The van der Waals surface area contributed by atoms with E-state index >= 15 is 0 Å². The Hall–Kier alpha value is -2.86. The first kappa shape index (κ1) is 17.5. The van der Waals surface area contributed by atoms with Crippen LogP contribution in [0.1, 0.15) is 24.0 Å².